The van der Waals surface area contributed by atoms with Gasteiger partial charge in [0.2, 0.25) is 10.0 Å². The van der Waals surface area contributed by atoms with Crippen LogP contribution in [0, 0.1) is 5.92 Å². The Hall–Kier alpha value is -2.42. The molecule has 0 aliphatic carbocycles. The predicted molar refractivity (Wildman–Crippen MR) is 105 cm³/mol. The molecule has 3 rings (SSSR count). The number of carbonyl (C=O) groups excluding carboxylic acids is 1. The maximum Gasteiger partial charge on any atom is 0.411 e. The summed E-state index contributed by atoms with van der Waals surface area (Å²) in [5, 5.41) is 11.8. The first-order chi connectivity index (χ1) is 13.5. The summed E-state index contributed by atoms with van der Waals surface area (Å²) in [5.41, 5.74) is 1.21. The van der Waals surface area contributed by atoms with Crippen LogP contribution in [0.1, 0.15) is 18.4 Å². The first kappa shape index (κ1) is 20.3. The van der Waals surface area contributed by atoms with E-state index in [0.29, 0.717) is 31.6 Å². The molecule has 2 aromatic rings. The molecule has 7 nitrogen and oxygen atoms in total. The largest absolute Gasteiger partial charge is 0.444 e. The van der Waals surface area contributed by atoms with Crippen LogP contribution in [0.5, 0.6) is 0 Å². The van der Waals surface area contributed by atoms with E-state index in [1.807, 2.05) is 30.3 Å². The lowest BCUT2D eigenvalue weighted by Crippen LogP contribution is -2.39. The van der Waals surface area contributed by atoms with Gasteiger partial charge in [0.25, 0.3) is 0 Å². The number of hydrogen-bond acceptors (Lipinski definition) is 5. The Bertz CT molecular complexity index is 894. The lowest BCUT2D eigenvalue weighted by atomic mass is 10.00. The highest BCUT2D eigenvalue weighted by Gasteiger charge is 2.29. The number of anilines is 1. The molecule has 1 heterocycles. The number of carbonyl (C=O) groups is 1. The number of nitrogens with one attached hydrogen (secondary N) is 1. The molecular formula is C20H24N2O5S. The second-order valence-corrected chi connectivity index (χ2v) is 8.68. The third kappa shape index (κ3) is 5.09. The zero-order valence-electron chi connectivity index (χ0n) is 15.5. The molecule has 0 aromatic heterocycles. The van der Waals surface area contributed by atoms with Crippen LogP contribution in [-0.2, 0) is 21.4 Å². The van der Waals surface area contributed by atoms with Crippen LogP contribution < -0.4 is 5.32 Å². The number of piperidine rings is 1. The molecule has 1 aliphatic rings. The average molecular weight is 404 g/mol. The van der Waals surface area contributed by atoms with Crippen LogP contribution in [0.2, 0.25) is 0 Å². The lowest BCUT2D eigenvalue weighted by Gasteiger charge is -2.30. The lowest BCUT2D eigenvalue weighted by molar-refractivity contribution is 0.155. The number of ether oxygens (including phenoxy) is 1. The van der Waals surface area contributed by atoms with Crippen LogP contribution in [0.3, 0.4) is 0 Å². The fourth-order valence-electron chi connectivity index (χ4n) is 3.09. The van der Waals surface area contributed by atoms with Gasteiger partial charge in [-0.2, -0.15) is 4.31 Å². The van der Waals surface area contributed by atoms with Crippen molar-refractivity contribution in [2.24, 2.45) is 5.92 Å². The van der Waals surface area contributed by atoms with Crippen molar-refractivity contribution >= 4 is 21.8 Å². The van der Waals surface area contributed by atoms with Gasteiger partial charge in [0.05, 0.1) is 4.90 Å². The molecule has 0 radical (unpaired) electrons. The summed E-state index contributed by atoms with van der Waals surface area (Å²) in [4.78, 5) is 12.1. The zero-order valence-corrected chi connectivity index (χ0v) is 16.3. The average Bonchev–Trinajstić information content (AvgIpc) is 2.73. The van der Waals surface area contributed by atoms with Gasteiger partial charge in [0.1, 0.15) is 6.61 Å². The molecule has 8 heteroatoms. The Labute approximate surface area is 165 Å². The standard InChI is InChI=1S/C20H24N2O5S/c23-14-16-9-11-22(12-10-16)28(25,26)19-8-4-7-18(13-19)21-20(24)27-15-17-5-2-1-3-6-17/h1-8,13,16,23H,9-12,14-15H2,(H,21,24). The molecule has 150 valence electrons. The van der Waals surface area contributed by atoms with Gasteiger partial charge < -0.3 is 9.84 Å². The van der Waals surface area contributed by atoms with Crippen LogP contribution in [-0.4, -0.2) is 43.6 Å². The zero-order chi connectivity index (χ0) is 20.0. The van der Waals surface area contributed by atoms with Crippen LogP contribution >= 0.6 is 0 Å². The smallest absolute Gasteiger partial charge is 0.411 e. The minimum atomic E-state index is -3.65. The number of benzene rings is 2. The highest BCUT2D eigenvalue weighted by atomic mass is 32.2. The van der Waals surface area contributed by atoms with Gasteiger partial charge >= 0.3 is 6.09 Å². The molecule has 0 atom stereocenters. The first-order valence-electron chi connectivity index (χ1n) is 9.18. The molecule has 1 aliphatic heterocycles. The summed E-state index contributed by atoms with van der Waals surface area (Å²) in [6.07, 6.45) is 0.626. The van der Waals surface area contributed by atoms with E-state index in [1.165, 1.54) is 16.4 Å². The highest BCUT2D eigenvalue weighted by molar-refractivity contribution is 7.89. The van der Waals surface area contributed by atoms with Crippen molar-refractivity contribution in [3.8, 4) is 0 Å². The number of aliphatic hydroxyl groups is 1. The van der Waals surface area contributed by atoms with Gasteiger partial charge in [-0.05, 0) is 42.5 Å². The summed E-state index contributed by atoms with van der Waals surface area (Å²) in [7, 11) is -3.65. The van der Waals surface area contributed by atoms with Gasteiger partial charge in [0.15, 0.2) is 0 Å². The monoisotopic (exact) mass is 404 g/mol. The van der Waals surface area contributed by atoms with Crippen molar-refractivity contribution in [1.29, 1.82) is 0 Å². The molecule has 2 aromatic carbocycles. The van der Waals surface area contributed by atoms with E-state index < -0.39 is 16.1 Å². The van der Waals surface area contributed by atoms with Crippen molar-refractivity contribution in [1.82, 2.24) is 4.31 Å². The van der Waals surface area contributed by atoms with E-state index in [2.05, 4.69) is 5.32 Å². The third-order valence-corrected chi connectivity index (χ3v) is 6.66. The minimum Gasteiger partial charge on any atom is -0.444 e. The SMILES string of the molecule is O=C(Nc1cccc(S(=O)(=O)N2CCC(CO)CC2)c1)OCc1ccccc1. The Morgan fingerprint density at radius 1 is 1.11 bits per heavy atom. The summed E-state index contributed by atoms with van der Waals surface area (Å²) in [6, 6.07) is 15.4. The molecule has 0 saturated carbocycles. The molecule has 0 unspecified atom stereocenters. The topological polar surface area (TPSA) is 95.9 Å². The Kier molecular flexibility index (Phi) is 6.66. The number of nitrogens with zero attached hydrogens (tertiary/aromatic N) is 1. The van der Waals surface area contributed by atoms with Crippen molar-refractivity contribution in [2.75, 3.05) is 25.0 Å². The van der Waals surface area contributed by atoms with E-state index >= 15 is 0 Å². The third-order valence-electron chi connectivity index (χ3n) is 4.76. The van der Waals surface area contributed by atoms with Crippen LogP contribution in [0.15, 0.2) is 59.5 Å². The van der Waals surface area contributed by atoms with Crippen molar-refractivity contribution in [2.45, 2.75) is 24.3 Å². The normalized spacial score (nSPS) is 15.9. The van der Waals surface area contributed by atoms with Gasteiger partial charge in [-0.15, -0.1) is 0 Å². The number of rotatable bonds is 6. The Balaban J connectivity index is 1.62. The van der Waals surface area contributed by atoms with E-state index in [0.717, 1.165) is 5.56 Å². The maximum atomic E-state index is 12.9. The second-order valence-electron chi connectivity index (χ2n) is 6.74. The summed E-state index contributed by atoms with van der Waals surface area (Å²) in [6.45, 7) is 0.970. The van der Waals surface area contributed by atoms with E-state index in [4.69, 9.17) is 4.74 Å². The van der Waals surface area contributed by atoms with Crippen molar-refractivity contribution in [3.05, 3.63) is 60.2 Å². The molecule has 2 N–H and O–H groups in total. The summed E-state index contributed by atoms with van der Waals surface area (Å²) >= 11 is 0. The summed E-state index contributed by atoms with van der Waals surface area (Å²) in [5.74, 6) is 0.152. The Morgan fingerprint density at radius 2 is 1.82 bits per heavy atom. The maximum absolute atomic E-state index is 12.9. The van der Waals surface area contributed by atoms with E-state index in [-0.39, 0.29) is 24.0 Å². The van der Waals surface area contributed by atoms with Crippen LogP contribution in [0.4, 0.5) is 10.5 Å². The van der Waals surface area contributed by atoms with Crippen molar-refractivity contribution < 1.29 is 23.1 Å². The fraction of sp³-hybridized carbons (Fsp3) is 0.350. The number of amides is 1. The van der Waals surface area contributed by atoms with Crippen LogP contribution in [0.25, 0.3) is 0 Å². The van der Waals surface area contributed by atoms with E-state index in [9.17, 15) is 18.3 Å². The fourth-order valence-corrected chi connectivity index (χ4v) is 4.61. The number of aliphatic hydroxyl groups excluding tert-OH is 1. The highest BCUT2D eigenvalue weighted by Crippen LogP contribution is 2.25. The van der Waals surface area contributed by atoms with Gasteiger partial charge in [0, 0.05) is 25.4 Å². The molecule has 1 amide bonds. The molecule has 28 heavy (non-hydrogen) atoms. The van der Waals surface area contributed by atoms with Gasteiger partial charge in [-0.25, -0.2) is 13.2 Å². The van der Waals surface area contributed by atoms with Gasteiger partial charge in [-0.1, -0.05) is 36.4 Å². The molecule has 0 bridgehead atoms. The number of hydrogen-bond donors (Lipinski definition) is 2. The summed E-state index contributed by atoms with van der Waals surface area (Å²) < 4.78 is 32.3. The molecule has 0 spiro atoms. The molecule has 1 saturated heterocycles. The van der Waals surface area contributed by atoms with E-state index in [1.54, 1.807) is 12.1 Å². The van der Waals surface area contributed by atoms with Crippen molar-refractivity contribution in [3.63, 3.8) is 0 Å². The molecule has 1 fully saturated rings. The molecular weight excluding hydrogens is 380 g/mol. The minimum absolute atomic E-state index is 0.0817. The first-order valence-corrected chi connectivity index (χ1v) is 10.6. The van der Waals surface area contributed by atoms with Gasteiger partial charge in [-0.3, -0.25) is 5.32 Å². The number of sulfonamides is 1. The Morgan fingerprint density at radius 3 is 2.50 bits per heavy atom. The predicted octanol–water partition coefficient (Wildman–Crippen LogP) is 2.83. The second kappa shape index (κ2) is 9.18. The quantitative estimate of drug-likeness (QED) is 0.772.